The number of carbonyl (C=O) groups is 3. The third-order valence-corrected chi connectivity index (χ3v) is 16.3. The molecule has 6 aliphatic rings. The van der Waals surface area contributed by atoms with Gasteiger partial charge < -0.3 is 19.3 Å². The molecule has 0 amide bonds. The van der Waals surface area contributed by atoms with E-state index in [9.17, 15) is 14.4 Å². The Morgan fingerprint density at radius 3 is 2.00 bits per heavy atom. The minimum atomic E-state index is -0.584. The van der Waals surface area contributed by atoms with Crippen molar-refractivity contribution in [2.75, 3.05) is 0 Å². The van der Waals surface area contributed by atoms with Crippen LogP contribution >= 0.6 is 0 Å². The van der Waals surface area contributed by atoms with Crippen molar-refractivity contribution in [2.45, 2.75) is 178 Å². The lowest BCUT2D eigenvalue weighted by atomic mass is 9.65. The zero-order valence-electron chi connectivity index (χ0n) is 39.4. The van der Waals surface area contributed by atoms with Gasteiger partial charge in [0.05, 0.1) is 10.8 Å². The van der Waals surface area contributed by atoms with E-state index in [0.29, 0.717) is 29.6 Å². The molecule has 4 fully saturated rings. The van der Waals surface area contributed by atoms with Crippen LogP contribution in [0.25, 0.3) is 0 Å². The molecule has 2 aromatic carbocycles. The maximum absolute atomic E-state index is 12.7. The second kappa shape index (κ2) is 19.2. The van der Waals surface area contributed by atoms with Gasteiger partial charge in [-0.2, -0.15) is 0 Å². The van der Waals surface area contributed by atoms with E-state index in [0.717, 1.165) is 67.1 Å². The number of hydrogen-bond donors (Lipinski definition) is 1. The fraction of sp³-hybridized carbons (Fsp3) is 0.679. The molecule has 2 aromatic rings. The summed E-state index contributed by atoms with van der Waals surface area (Å²) >= 11 is 0. The molecule has 11 unspecified atom stereocenters. The highest BCUT2D eigenvalue weighted by atomic mass is 16.6. The molecule has 0 aromatic heterocycles. The summed E-state index contributed by atoms with van der Waals surface area (Å²) < 4.78 is 16.4. The van der Waals surface area contributed by atoms with Crippen LogP contribution in [0.2, 0.25) is 0 Å². The van der Waals surface area contributed by atoms with Gasteiger partial charge in [-0.25, -0.2) is 4.79 Å². The second-order valence-electron chi connectivity index (χ2n) is 20.6. The van der Waals surface area contributed by atoms with Crippen molar-refractivity contribution >= 4 is 17.9 Å². The van der Waals surface area contributed by atoms with Crippen molar-refractivity contribution in [3.05, 3.63) is 76.6 Å². The van der Waals surface area contributed by atoms with E-state index in [1.807, 2.05) is 32.9 Å². The zero-order valence-corrected chi connectivity index (χ0v) is 39.4. The predicted molar refractivity (Wildman–Crippen MR) is 240 cm³/mol. The maximum Gasteiger partial charge on any atom is 0.375 e. The smallest absolute Gasteiger partial charge is 0.375 e. The van der Waals surface area contributed by atoms with Gasteiger partial charge in [0.25, 0.3) is 0 Å². The monoisotopic (exact) mass is 827 g/mol. The average Bonchev–Trinajstić information content (AvgIpc) is 4.10. The minimum Gasteiger partial charge on any atom is -0.508 e. The summed E-state index contributed by atoms with van der Waals surface area (Å²) in [6, 6.07) is 16.2. The molecular weight excluding hydrogens is 749 g/mol. The van der Waals surface area contributed by atoms with Gasteiger partial charge in [-0.15, -0.1) is 0 Å². The Labute approximate surface area is 362 Å². The van der Waals surface area contributed by atoms with Crippen molar-refractivity contribution < 1.29 is 33.7 Å². The molecule has 4 saturated carbocycles. The predicted octanol–water partition coefficient (Wildman–Crippen LogP) is 12.9. The summed E-state index contributed by atoms with van der Waals surface area (Å²) in [7, 11) is 0. The lowest BCUT2D eigenvalue weighted by molar-refractivity contribution is -0.183. The first-order valence-corrected chi connectivity index (χ1v) is 23.5. The average molecular weight is 827 g/mol. The number of benzene rings is 2. The van der Waals surface area contributed by atoms with Gasteiger partial charge in [0.1, 0.15) is 17.5 Å². The highest BCUT2D eigenvalue weighted by molar-refractivity contribution is 5.93. The molecule has 0 radical (unpaired) electrons. The van der Waals surface area contributed by atoms with Gasteiger partial charge in [-0.1, -0.05) is 84.9 Å². The first kappa shape index (κ1) is 47.4. The van der Waals surface area contributed by atoms with Gasteiger partial charge >= 0.3 is 17.9 Å². The molecule has 60 heavy (non-hydrogen) atoms. The molecule has 4 bridgehead atoms. The van der Waals surface area contributed by atoms with Crippen LogP contribution in [0.5, 0.6) is 5.75 Å². The highest BCUT2D eigenvalue weighted by Crippen LogP contribution is 2.71. The van der Waals surface area contributed by atoms with Crippen molar-refractivity contribution in [3.63, 3.8) is 0 Å². The van der Waals surface area contributed by atoms with Crippen LogP contribution in [0.1, 0.15) is 176 Å². The molecule has 1 N–H and O–H groups in total. The molecule has 1 heterocycles. The Balaban J connectivity index is 0.000000159. The summed E-state index contributed by atoms with van der Waals surface area (Å²) in [6.07, 6.45) is 11.6. The van der Waals surface area contributed by atoms with Crippen LogP contribution in [0.3, 0.4) is 0 Å². The molecule has 332 valence electrons. The molecule has 8 rings (SSSR count). The van der Waals surface area contributed by atoms with Crippen LogP contribution in [-0.4, -0.2) is 34.7 Å². The van der Waals surface area contributed by atoms with E-state index in [1.54, 1.807) is 51.0 Å². The number of hydrogen-bond acceptors (Lipinski definition) is 7. The summed E-state index contributed by atoms with van der Waals surface area (Å²) in [5.74, 6) is 7.06. The molecular formula is C53H78O7. The summed E-state index contributed by atoms with van der Waals surface area (Å²) in [5, 5.41) is 9.01. The maximum atomic E-state index is 12.7. The van der Waals surface area contributed by atoms with Gasteiger partial charge in [0.15, 0.2) is 0 Å². The van der Waals surface area contributed by atoms with Crippen LogP contribution in [0.15, 0.2) is 59.9 Å². The fourth-order valence-corrected chi connectivity index (χ4v) is 10.9. The number of fused-ring (bicyclic) bond motifs is 10. The summed E-state index contributed by atoms with van der Waals surface area (Å²) in [6.45, 7) is 26.4. The number of ether oxygens (including phenoxy) is 3. The van der Waals surface area contributed by atoms with E-state index < -0.39 is 17.4 Å². The number of carbonyl (C=O) groups excluding carboxylic acids is 3. The van der Waals surface area contributed by atoms with Gasteiger partial charge in [-0.3, -0.25) is 9.59 Å². The molecule has 7 heteroatoms. The Bertz CT molecular complexity index is 1840. The van der Waals surface area contributed by atoms with Crippen molar-refractivity contribution in [2.24, 2.45) is 52.3 Å². The van der Waals surface area contributed by atoms with E-state index in [2.05, 4.69) is 65.8 Å². The topological polar surface area (TPSA) is 99.1 Å². The highest BCUT2D eigenvalue weighted by Gasteiger charge is 2.68. The largest absolute Gasteiger partial charge is 0.508 e. The van der Waals surface area contributed by atoms with Gasteiger partial charge in [0.2, 0.25) is 5.76 Å². The summed E-state index contributed by atoms with van der Waals surface area (Å²) in [5.41, 5.74) is 4.06. The molecule has 11 atom stereocenters. The summed E-state index contributed by atoms with van der Waals surface area (Å²) in [4.78, 5) is 35.9. The Hall–Kier alpha value is -3.61. The molecule has 7 nitrogen and oxygen atoms in total. The van der Waals surface area contributed by atoms with E-state index in [-0.39, 0.29) is 28.8 Å². The molecule has 0 saturated heterocycles. The lowest BCUT2D eigenvalue weighted by Gasteiger charge is -2.46. The molecule has 1 aliphatic heterocycles. The Kier molecular flexibility index (Phi) is 15.2. The SMILES string of the molecule is CC1Cc2ccccc2C1C.CCC(C)(C)C(=O)OC1(CC)CC2CC1C1C3CCC(C3)C21.CCC(C)(C)C(=O)OC1=C(C)C(C)OC1=O.CCC(C)c1ccc(O)cc1. The van der Waals surface area contributed by atoms with Crippen molar-refractivity contribution in [1.29, 1.82) is 0 Å². The molecule has 5 aliphatic carbocycles. The van der Waals surface area contributed by atoms with Gasteiger partial charge in [0, 0.05) is 11.5 Å². The van der Waals surface area contributed by atoms with Crippen LogP contribution in [0.4, 0.5) is 0 Å². The van der Waals surface area contributed by atoms with E-state index in [1.165, 1.54) is 37.7 Å². The number of phenols is 1. The van der Waals surface area contributed by atoms with Crippen LogP contribution in [0, 0.1) is 52.3 Å². The number of phenolic OH excluding ortho intramolecular Hbond substituents is 1. The normalized spacial score (nSPS) is 31.1. The van der Waals surface area contributed by atoms with Crippen LogP contribution < -0.4 is 0 Å². The zero-order chi connectivity index (χ0) is 44.3. The lowest BCUT2D eigenvalue weighted by Crippen LogP contribution is -2.49. The Morgan fingerprint density at radius 2 is 1.45 bits per heavy atom. The minimum absolute atomic E-state index is 0.0455. The quantitative estimate of drug-likeness (QED) is 0.153. The Morgan fingerprint density at radius 1 is 0.850 bits per heavy atom. The first-order chi connectivity index (χ1) is 28.2. The van der Waals surface area contributed by atoms with Gasteiger partial charge in [-0.05, 0) is 182 Å². The third-order valence-electron chi connectivity index (χ3n) is 16.3. The number of esters is 3. The number of aromatic hydroxyl groups is 1. The van der Waals surface area contributed by atoms with E-state index >= 15 is 0 Å². The second-order valence-corrected chi connectivity index (χ2v) is 20.6. The van der Waals surface area contributed by atoms with E-state index in [4.69, 9.17) is 19.3 Å². The number of rotatable bonds is 9. The molecule has 0 spiro atoms. The fourth-order valence-electron chi connectivity index (χ4n) is 10.9. The number of cyclic esters (lactones) is 1. The standard InChI is InChI=1S/C20H32O2.C12H18O4.C11H14.C10H14O/c1-5-19(3,4)18(21)22-20(6-2)11-14-10-15(20)17-13-8-7-12(9-13)16(14)17;1-6-12(4,5)11(14)16-9-7(2)8(3)15-10(9)13;1-8-7-10-5-3-4-6-11(10)9(8)2;1-3-8(2)9-4-6-10(11)7-5-9/h12-17H,5-11H2,1-4H3;8H,6H2,1-5H3;3-6,8-9H,7H2,1-2H3;4-8,11H,3H2,1-2H3. The van der Waals surface area contributed by atoms with Crippen molar-refractivity contribution in [1.82, 2.24) is 0 Å². The third kappa shape index (κ3) is 9.86. The van der Waals surface area contributed by atoms with Crippen LogP contribution in [-0.2, 0) is 35.0 Å². The van der Waals surface area contributed by atoms with Crippen molar-refractivity contribution in [3.8, 4) is 5.75 Å². The first-order valence-electron chi connectivity index (χ1n) is 23.5.